The van der Waals surface area contributed by atoms with Crippen LogP contribution in [0.4, 0.5) is 0 Å². The number of hydrogen-bond donors (Lipinski definition) is 2. The van der Waals surface area contributed by atoms with Gasteiger partial charge in [-0.3, -0.25) is 4.79 Å². The van der Waals surface area contributed by atoms with Crippen LogP contribution in [0, 0.1) is 0 Å². The molecule has 0 aliphatic carbocycles. The molecule has 0 fully saturated rings. The van der Waals surface area contributed by atoms with Crippen LogP contribution in [0.1, 0.15) is 30.6 Å². The summed E-state index contributed by atoms with van der Waals surface area (Å²) in [7, 11) is 1.53. The number of ether oxygens (including phenoxy) is 1. The highest BCUT2D eigenvalue weighted by Gasteiger charge is 2.15. The van der Waals surface area contributed by atoms with Gasteiger partial charge >= 0.3 is 0 Å². The minimum atomic E-state index is -0.261. The lowest BCUT2D eigenvalue weighted by molar-refractivity contribution is -0.121. The largest absolute Gasteiger partial charge is 0.508 e. The number of amides is 1. The van der Waals surface area contributed by atoms with Gasteiger partial charge in [-0.25, -0.2) is 5.43 Å². The summed E-state index contributed by atoms with van der Waals surface area (Å²) >= 11 is 3.40. The molecule has 0 saturated heterocycles. The number of hydrazone groups is 1. The van der Waals surface area contributed by atoms with Gasteiger partial charge in [0.1, 0.15) is 23.0 Å². The predicted octanol–water partition coefficient (Wildman–Crippen LogP) is 5.07. The lowest BCUT2D eigenvalue weighted by Crippen LogP contribution is -2.19. The standard InChI is InChI=1S/C22H21BrN2O4/c1-14(19-9-7-17(28-2)12-20(19)26)11-22(27)25-24-13-18-8-10-21(29-18)15-3-5-16(23)6-4-15/h3-10,12-14,26H,11H2,1-2H3,(H,25,27)/b24-13-/t14-/m1/s1. The van der Waals surface area contributed by atoms with Gasteiger partial charge in [0.05, 0.1) is 13.3 Å². The van der Waals surface area contributed by atoms with Crippen LogP contribution < -0.4 is 10.2 Å². The Morgan fingerprint density at radius 1 is 1.24 bits per heavy atom. The maximum atomic E-state index is 12.1. The van der Waals surface area contributed by atoms with E-state index in [1.165, 1.54) is 19.4 Å². The van der Waals surface area contributed by atoms with E-state index >= 15 is 0 Å². The number of carbonyl (C=O) groups excluding carboxylic acids is 1. The Bertz CT molecular complexity index is 1010. The van der Waals surface area contributed by atoms with E-state index in [2.05, 4.69) is 26.5 Å². The van der Waals surface area contributed by atoms with Gasteiger partial charge in [0.15, 0.2) is 0 Å². The molecule has 29 heavy (non-hydrogen) atoms. The fourth-order valence-electron chi connectivity index (χ4n) is 2.86. The SMILES string of the molecule is COc1ccc([C@H](C)CC(=O)N/N=C\c2ccc(-c3ccc(Br)cc3)o2)c(O)c1. The van der Waals surface area contributed by atoms with Crippen molar-refractivity contribution in [2.24, 2.45) is 5.10 Å². The van der Waals surface area contributed by atoms with Gasteiger partial charge in [-0.05, 0) is 41.8 Å². The third-order valence-corrected chi connectivity index (χ3v) is 4.93. The van der Waals surface area contributed by atoms with E-state index in [1.807, 2.05) is 37.3 Å². The molecule has 0 bridgehead atoms. The van der Waals surface area contributed by atoms with E-state index in [0.29, 0.717) is 22.8 Å². The van der Waals surface area contributed by atoms with Crippen molar-refractivity contribution in [3.05, 3.63) is 70.4 Å². The van der Waals surface area contributed by atoms with E-state index in [1.54, 1.807) is 18.2 Å². The van der Waals surface area contributed by atoms with Crippen molar-refractivity contribution >= 4 is 28.1 Å². The fraction of sp³-hybridized carbons (Fsp3) is 0.182. The zero-order chi connectivity index (χ0) is 20.8. The lowest BCUT2D eigenvalue weighted by atomic mass is 9.96. The van der Waals surface area contributed by atoms with Gasteiger partial charge in [0, 0.05) is 22.5 Å². The first-order valence-corrected chi connectivity index (χ1v) is 9.80. The maximum Gasteiger partial charge on any atom is 0.240 e. The summed E-state index contributed by atoms with van der Waals surface area (Å²) < 4.78 is 11.8. The number of aromatic hydroxyl groups is 1. The van der Waals surface area contributed by atoms with E-state index in [9.17, 15) is 9.90 Å². The number of halogens is 1. The third kappa shape index (κ3) is 5.48. The van der Waals surface area contributed by atoms with Gasteiger partial charge in [0.25, 0.3) is 0 Å². The molecule has 3 rings (SSSR count). The molecule has 0 radical (unpaired) electrons. The van der Waals surface area contributed by atoms with Crippen molar-refractivity contribution < 1.29 is 19.1 Å². The Balaban J connectivity index is 1.55. The Hall–Kier alpha value is -3.06. The molecule has 2 N–H and O–H groups in total. The van der Waals surface area contributed by atoms with Gasteiger partial charge in [0.2, 0.25) is 5.91 Å². The van der Waals surface area contributed by atoms with Crippen LogP contribution >= 0.6 is 15.9 Å². The van der Waals surface area contributed by atoms with Gasteiger partial charge in [-0.1, -0.05) is 41.1 Å². The third-order valence-electron chi connectivity index (χ3n) is 4.40. The molecule has 0 unspecified atom stereocenters. The van der Waals surface area contributed by atoms with Gasteiger partial charge in [-0.15, -0.1) is 0 Å². The van der Waals surface area contributed by atoms with E-state index in [-0.39, 0.29) is 24.0 Å². The van der Waals surface area contributed by atoms with Crippen molar-refractivity contribution in [3.63, 3.8) is 0 Å². The summed E-state index contributed by atoms with van der Waals surface area (Å²) in [5.41, 5.74) is 4.11. The molecule has 7 heteroatoms. The minimum absolute atomic E-state index is 0.101. The molecule has 6 nitrogen and oxygen atoms in total. The van der Waals surface area contributed by atoms with Crippen molar-refractivity contribution in [2.45, 2.75) is 19.3 Å². The number of hydrogen-bond acceptors (Lipinski definition) is 5. The molecule has 0 aliphatic rings. The molecule has 0 spiro atoms. The molecule has 2 aromatic carbocycles. The van der Waals surface area contributed by atoms with Crippen molar-refractivity contribution in [1.29, 1.82) is 0 Å². The topological polar surface area (TPSA) is 84.1 Å². The highest BCUT2D eigenvalue weighted by atomic mass is 79.9. The highest BCUT2D eigenvalue weighted by Crippen LogP contribution is 2.31. The number of furan rings is 1. The maximum absolute atomic E-state index is 12.1. The molecule has 1 heterocycles. The smallest absolute Gasteiger partial charge is 0.240 e. The molecule has 1 aromatic heterocycles. The number of methoxy groups -OCH3 is 1. The number of phenolic OH excluding ortho intramolecular Hbond substituents is 1. The minimum Gasteiger partial charge on any atom is -0.508 e. The Labute approximate surface area is 177 Å². The molecule has 3 aromatic rings. The van der Waals surface area contributed by atoms with Crippen LogP contribution in [0.15, 0.2) is 68.6 Å². The molecule has 1 atom stereocenters. The number of nitrogens with one attached hydrogen (secondary N) is 1. The quantitative estimate of drug-likeness (QED) is 0.384. The van der Waals surface area contributed by atoms with E-state index < -0.39 is 0 Å². The van der Waals surface area contributed by atoms with Gasteiger partial charge < -0.3 is 14.3 Å². The Morgan fingerprint density at radius 2 is 2.00 bits per heavy atom. The number of phenols is 1. The van der Waals surface area contributed by atoms with Crippen molar-refractivity contribution in [1.82, 2.24) is 5.43 Å². The first kappa shape index (κ1) is 20.7. The van der Waals surface area contributed by atoms with Crippen molar-refractivity contribution in [3.8, 4) is 22.8 Å². The van der Waals surface area contributed by atoms with Gasteiger partial charge in [-0.2, -0.15) is 5.10 Å². The second kappa shape index (κ2) is 9.43. The zero-order valence-electron chi connectivity index (χ0n) is 16.1. The zero-order valence-corrected chi connectivity index (χ0v) is 17.6. The molecule has 150 valence electrons. The molecule has 1 amide bonds. The van der Waals surface area contributed by atoms with Crippen LogP contribution in [0.5, 0.6) is 11.5 Å². The first-order chi connectivity index (χ1) is 14.0. The number of benzene rings is 2. The first-order valence-electron chi connectivity index (χ1n) is 9.01. The van der Waals surface area contributed by atoms with Crippen LogP contribution in [0.25, 0.3) is 11.3 Å². The fourth-order valence-corrected chi connectivity index (χ4v) is 3.12. The normalized spacial score (nSPS) is 12.1. The highest BCUT2D eigenvalue weighted by molar-refractivity contribution is 9.10. The lowest BCUT2D eigenvalue weighted by Gasteiger charge is -2.13. The molecular formula is C22H21BrN2O4. The number of rotatable bonds is 7. The Kier molecular flexibility index (Phi) is 6.72. The number of nitrogens with zero attached hydrogens (tertiary/aromatic N) is 1. The predicted molar refractivity (Wildman–Crippen MR) is 115 cm³/mol. The van der Waals surface area contributed by atoms with Crippen LogP contribution in [-0.4, -0.2) is 24.3 Å². The van der Waals surface area contributed by atoms with Crippen LogP contribution in [0.2, 0.25) is 0 Å². The second-order valence-electron chi connectivity index (χ2n) is 6.53. The summed E-state index contributed by atoms with van der Waals surface area (Å²) in [6.07, 6.45) is 1.63. The molecular weight excluding hydrogens is 436 g/mol. The summed E-state index contributed by atoms with van der Waals surface area (Å²) in [4.78, 5) is 12.1. The monoisotopic (exact) mass is 456 g/mol. The molecule has 0 saturated carbocycles. The average Bonchev–Trinajstić information content (AvgIpc) is 3.17. The van der Waals surface area contributed by atoms with Crippen molar-refractivity contribution in [2.75, 3.05) is 7.11 Å². The van der Waals surface area contributed by atoms with Crippen LogP contribution in [0.3, 0.4) is 0 Å². The summed E-state index contributed by atoms with van der Waals surface area (Å²) in [5, 5.41) is 14.0. The van der Waals surface area contributed by atoms with E-state index in [0.717, 1.165) is 10.0 Å². The summed E-state index contributed by atoms with van der Waals surface area (Å²) in [6.45, 7) is 1.86. The van der Waals surface area contributed by atoms with Crippen LogP contribution in [-0.2, 0) is 4.79 Å². The van der Waals surface area contributed by atoms with E-state index in [4.69, 9.17) is 9.15 Å². The molecule has 0 aliphatic heterocycles. The summed E-state index contributed by atoms with van der Waals surface area (Å²) in [5.74, 6) is 1.47. The second-order valence-corrected chi connectivity index (χ2v) is 7.45. The average molecular weight is 457 g/mol. The number of carbonyl (C=O) groups is 1. The summed E-state index contributed by atoms with van der Waals surface area (Å²) in [6, 6.07) is 16.4. The Morgan fingerprint density at radius 3 is 2.69 bits per heavy atom.